The topological polar surface area (TPSA) is 207 Å². The molecule has 0 aromatic rings. The Morgan fingerprint density at radius 2 is 0.875 bits per heavy atom. The van der Waals surface area contributed by atoms with Crippen LogP contribution in [0.1, 0.15) is 25.7 Å². The number of aliphatic hydroxyl groups excluding tert-OH is 2. The molecule has 0 radical (unpaired) electrons. The third-order valence-corrected chi connectivity index (χ3v) is 2.52. The number of rotatable bonds is 3. The molecule has 2 rings (SSSR count). The zero-order chi connectivity index (χ0) is 18.9. The summed E-state index contributed by atoms with van der Waals surface area (Å²) in [5.74, 6) is -4.13. The Morgan fingerprint density at radius 1 is 0.667 bits per heavy atom. The van der Waals surface area contributed by atoms with E-state index in [0.717, 1.165) is 0 Å². The number of carboxylic acid groups (broad SMARTS) is 2. The van der Waals surface area contributed by atoms with E-state index in [4.69, 9.17) is 20.4 Å². The summed E-state index contributed by atoms with van der Waals surface area (Å²) in [6.45, 7) is 0. The monoisotopic (exact) mass is 348 g/mol. The summed E-state index contributed by atoms with van der Waals surface area (Å²) in [4.78, 5) is 60.0. The fraction of sp³-hybridized carbons (Fsp3) is 0.500. The second-order valence-electron chi connectivity index (χ2n) is 4.51. The molecule has 2 heterocycles. The van der Waals surface area contributed by atoms with Crippen molar-refractivity contribution in [3.8, 4) is 0 Å². The molecule has 0 bridgehead atoms. The molecule has 2 atom stereocenters. The number of aliphatic hydroxyl groups is 2. The number of aliphatic carboxylic acids is 2. The van der Waals surface area contributed by atoms with Crippen molar-refractivity contribution in [3.05, 3.63) is 0 Å². The SMILES string of the molecule is O=C(O)C(O)C(O)C(=O)O.O=C1CCC(=O)N1.O=C1CCC(=O)N1. The smallest absolute Gasteiger partial charge is 0.335 e. The molecule has 0 aliphatic carbocycles. The van der Waals surface area contributed by atoms with Crippen LogP contribution in [-0.4, -0.2) is 68.2 Å². The summed E-state index contributed by atoms with van der Waals surface area (Å²) in [7, 11) is 0. The maximum Gasteiger partial charge on any atom is 0.335 e. The van der Waals surface area contributed by atoms with Gasteiger partial charge in [0.1, 0.15) is 0 Å². The molecule has 134 valence electrons. The molecule has 0 aromatic carbocycles. The number of carbonyl (C=O) groups excluding carboxylic acids is 4. The van der Waals surface area contributed by atoms with Gasteiger partial charge in [0.25, 0.3) is 0 Å². The van der Waals surface area contributed by atoms with Gasteiger partial charge in [-0.15, -0.1) is 0 Å². The van der Waals surface area contributed by atoms with Crippen molar-refractivity contribution in [1.29, 1.82) is 0 Å². The highest BCUT2D eigenvalue weighted by atomic mass is 16.4. The van der Waals surface area contributed by atoms with Crippen LogP contribution in [0.4, 0.5) is 0 Å². The number of amides is 4. The van der Waals surface area contributed by atoms with Crippen LogP contribution in [0.15, 0.2) is 0 Å². The molecule has 2 aliphatic rings. The third-order valence-electron chi connectivity index (χ3n) is 2.52. The molecule has 12 heteroatoms. The van der Waals surface area contributed by atoms with Crippen LogP contribution in [-0.2, 0) is 28.8 Å². The summed E-state index contributed by atoms with van der Waals surface area (Å²) in [6.07, 6.45) is -3.04. The Labute approximate surface area is 134 Å². The van der Waals surface area contributed by atoms with Crippen LogP contribution in [0.2, 0.25) is 0 Å². The normalized spacial score (nSPS) is 18.2. The van der Waals surface area contributed by atoms with Crippen LogP contribution in [0, 0.1) is 0 Å². The summed E-state index contributed by atoms with van der Waals surface area (Å²) >= 11 is 0. The highest BCUT2D eigenvalue weighted by molar-refractivity contribution is 6.02. The lowest BCUT2D eigenvalue weighted by Gasteiger charge is -2.07. The van der Waals surface area contributed by atoms with Crippen LogP contribution < -0.4 is 10.6 Å². The summed E-state index contributed by atoms with van der Waals surface area (Å²) in [6, 6.07) is 0. The predicted octanol–water partition coefficient (Wildman–Crippen LogP) is -3.28. The maximum absolute atomic E-state index is 10.1. The van der Waals surface area contributed by atoms with Gasteiger partial charge in [-0.05, 0) is 0 Å². The van der Waals surface area contributed by atoms with Crippen LogP contribution in [0.3, 0.4) is 0 Å². The third kappa shape index (κ3) is 8.55. The van der Waals surface area contributed by atoms with Gasteiger partial charge in [-0.3, -0.25) is 29.8 Å². The van der Waals surface area contributed by atoms with E-state index in [9.17, 15) is 28.8 Å². The van der Waals surface area contributed by atoms with Gasteiger partial charge in [0, 0.05) is 25.7 Å². The van der Waals surface area contributed by atoms with Crippen LogP contribution in [0.5, 0.6) is 0 Å². The first-order valence-corrected chi connectivity index (χ1v) is 6.51. The number of carboxylic acids is 2. The largest absolute Gasteiger partial charge is 0.479 e. The van der Waals surface area contributed by atoms with E-state index in [1.54, 1.807) is 0 Å². The lowest BCUT2D eigenvalue weighted by atomic mass is 10.2. The minimum Gasteiger partial charge on any atom is -0.479 e. The fourth-order valence-electron chi connectivity index (χ4n) is 1.29. The molecule has 12 nitrogen and oxygen atoms in total. The minimum atomic E-state index is -2.27. The van der Waals surface area contributed by atoms with Gasteiger partial charge >= 0.3 is 11.9 Å². The number of hydrogen-bond acceptors (Lipinski definition) is 8. The van der Waals surface area contributed by atoms with Gasteiger partial charge in [-0.1, -0.05) is 0 Å². The van der Waals surface area contributed by atoms with Crippen molar-refractivity contribution < 1.29 is 49.2 Å². The number of nitrogens with one attached hydrogen (secondary N) is 2. The molecule has 4 amide bonds. The molecule has 0 saturated carbocycles. The first-order valence-electron chi connectivity index (χ1n) is 6.51. The second kappa shape index (κ2) is 10.0. The average Bonchev–Trinajstić information content (AvgIpc) is 3.05. The summed E-state index contributed by atoms with van der Waals surface area (Å²) < 4.78 is 0. The van der Waals surface area contributed by atoms with E-state index in [1.807, 2.05) is 0 Å². The summed E-state index contributed by atoms with van der Waals surface area (Å²) in [5.41, 5.74) is 0. The molecule has 6 N–H and O–H groups in total. The van der Waals surface area contributed by atoms with Crippen molar-refractivity contribution >= 4 is 35.6 Å². The van der Waals surface area contributed by atoms with E-state index in [0.29, 0.717) is 25.7 Å². The molecule has 2 saturated heterocycles. The molecular formula is C12H16N2O10. The standard InChI is InChI=1S/2C4H5NO2.C4H6O6/c2*6-3-1-2-4(7)5-3;5-1(3(7)8)2(6)4(9)10/h2*1-2H2,(H,5,6,7);1-2,5-6H,(H,7,8)(H,9,10). The Kier molecular flexibility index (Phi) is 8.82. The zero-order valence-corrected chi connectivity index (χ0v) is 12.2. The Bertz CT molecular complexity index is 468. The van der Waals surface area contributed by atoms with E-state index in [2.05, 4.69) is 10.6 Å². The molecule has 0 spiro atoms. The van der Waals surface area contributed by atoms with Crippen molar-refractivity contribution in [2.45, 2.75) is 37.9 Å². The lowest BCUT2D eigenvalue weighted by Crippen LogP contribution is -2.39. The van der Waals surface area contributed by atoms with Gasteiger partial charge in [0.15, 0.2) is 12.2 Å². The second-order valence-corrected chi connectivity index (χ2v) is 4.51. The molecule has 2 fully saturated rings. The minimum absolute atomic E-state index is 0.148. The quantitative estimate of drug-likeness (QED) is 0.280. The Hall–Kier alpha value is -2.86. The van der Waals surface area contributed by atoms with Crippen molar-refractivity contribution in [1.82, 2.24) is 10.6 Å². The zero-order valence-electron chi connectivity index (χ0n) is 12.2. The van der Waals surface area contributed by atoms with Crippen molar-refractivity contribution in [2.75, 3.05) is 0 Å². The predicted molar refractivity (Wildman–Crippen MR) is 72.1 cm³/mol. The van der Waals surface area contributed by atoms with Gasteiger partial charge in [-0.2, -0.15) is 0 Å². The maximum atomic E-state index is 10.1. The lowest BCUT2D eigenvalue weighted by molar-refractivity contribution is -0.165. The highest BCUT2D eigenvalue weighted by Crippen LogP contribution is 1.96. The van der Waals surface area contributed by atoms with Crippen LogP contribution >= 0.6 is 0 Å². The van der Waals surface area contributed by atoms with E-state index in [-0.39, 0.29) is 23.6 Å². The van der Waals surface area contributed by atoms with Gasteiger partial charge < -0.3 is 20.4 Å². The number of hydrogen-bond donors (Lipinski definition) is 6. The first kappa shape index (κ1) is 21.1. The molecule has 2 unspecified atom stereocenters. The van der Waals surface area contributed by atoms with E-state index < -0.39 is 24.1 Å². The van der Waals surface area contributed by atoms with Gasteiger partial charge in [-0.25, -0.2) is 9.59 Å². The average molecular weight is 348 g/mol. The Morgan fingerprint density at radius 3 is 0.958 bits per heavy atom. The van der Waals surface area contributed by atoms with Gasteiger partial charge in [0.2, 0.25) is 23.6 Å². The van der Waals surface area contributed by atoms with Crippen LogP contribution in [0.25, 0.3) is 0 Å². The van der Waals surface area contributed by atoms with Gasteiger partial charge in [0.05, 0.1) is 0 Å². The Balaban J connectivity index is 0.000000337. The van der Waals surface area contributed by atoms with E-state index in [1.165, 1.54) is 0 Å². The molecular weight excluding hydrogens is 332 g/mol. The molecule has 2 aliphatic heterocycles. The van der Waals surface area contributed by atoms with Crippen molar-refractivity contribution in [2.24, 2.45) is 0 Å². The molecule has 0 aromatic heterocycles. The first-order chi connectivity index (χ1) is 11.0. The number of carbonyl (C=O) groups is 6. The number of imide groups is 2. The molecule has 24 heavy (non-hydrogen) atoms. The highest BCUT2D eigenvalue weighted by Gasteiger charge is 2.29. The van der Waals surface area contributed by atoms with E-state index >= 15 is 0 Å². The fourth-order valence-corrected chi connectivity index (χ4v) is 1.29. The van der Waals surface area contributed by atoms with Crippen molar-refractivity contribution in [3.63, 3.8) is 0 Å². The summed E-state index contributed by atoms with van der Waals surface area (Å²) in [5, 5.41) is 36.8.